The second kappa shape index (κ2) is 8.79. The van der Waals surface area contributed by atoms with Crippen LogP contribution in [0.5, 0.6) is 0 Å². The molecule has 13 heteroatoms. The smallest absolute Gasteiger partial charge is 0.323 e. The number of alkyl halides is 3. The van der Waals surface area contributed by atoms with E-state index in [9.17, 15) is 26.4 Å². The van der Waals surface area contributed by atoms with Gasteiger partial charge < -0.3 is 5.32 Å². The number of aromatic nitrogens is 3. The van der Waals surface area contributed by atoms with E-state index in [-0.39, 0.29) is 35.5 Å². The topological polar surface area (TPSA) is 100 Å². The van der Waals surface area contributed by atoms with Crippen LogP contribution in [0.15, 0.2) is 30.9 Å². The van der Waals surface area contributed by atoms with Crippen molar-refractivity contribution in [1.29, 1.82) is 0 Å². The van der Waals surface area contributed by atoms with Gasteiger partial charge in [-0.15, -0.1) is 0 Å². The van der Waals surface area contributed by atoms with Gasteiger partial charge in [-0.25, -0.2) is 18.1 Å². The average Bonchev–Trinajstić information content (AvgIpc) is 3.37. The molecular formula is C19H23F3N6O3S. The lowest BCUT2D eigenvalue weighted by atomic mass is 10.1. The zero-order chi connectivity index (χ0) is 22.9. The van der Waals surface area contributed by atoms with Gasteiger partial charge in [0.1, 0.15) is 12.7 Å². The van der Waals surface area contributed by atoms with E-state index in [0.29, 0.717) is 32.6 Å². The number of nitrogens with zero attached hydrogens (tertiary/aromatic N) is 5. The highest BCUT2D eigenvalue weighted by atomic mass is 32.2. The summed E-state index contributed by atoms with van der Waals surface area (Å²) in [7, 11) is -2.96. The van der Waals surface area contributed by atoms with Gasteiger partial charge in [0.25, 0.3) is 0 Å². The largest absolute Gasteiger partial charge is 0.416 e. The standard InChI is InChI=1S/C19H23F3N6O3S/c20-19(21,22)14-1-2-17(28-13-23-12-24-28)16(9-14)25-18(29)10-26-4-6-27(7-5-26)15-3-8-32(30,31)11-15/h1-2,9,12-13,15H,3-8,10-11H2,(H,25,29)/t15-/m0/s1. The Morgan fingerprint density at radius 1 is 1.19 bits per heavy atom. The lowest BCUT2D eigenvalue weighted by Crippen LogP contribution is -2.52. The van der Waals surface area contributed by atoms with Crippen LogP contribution in [0.4, 0.5) is 18.9 Å². The number of anilines is 1. The van der Waals surface area contributed by atoms with Gasteiger partial charge in [0.15, 0.2) is 9.84 Å². The Labute approximate surface area is 183 Å². The molecule has 1 amide bonds. The molecule has 32 heavy (non-hydrogen) atoms. The molecule has 1 N–H and O–H groups in total. The van der Waals surface area contributed by atoms with Crippen molar-refractivity contribution < 1.29 is 26.4 Å². The van der Waals surface area contributed by atoms with E-state index in [4.69, 9.17) is 0 Å². The second-order valence-electron chi connectivity index (χ2n) is 7.99. The maximum Gasteiger partial charge on any atom is 0.416 e. The van der Waals surface area contributed by atoms with Crippen molar-refractivity contribution in [2.45, 2.75) is 18.6 Å². The number of carbonyl (C=O) groups is 1. The van der Waals surface area contributed by atoms with Crippen molar-refractivity contribution in [3.8, 4) is 5.69 Å². The van der Waals surface area contributed by atoms with E-state index < -0.39 is 27.5 Å². The minimum absolute atomic E-state index is 0.00915. The quantitative estimate of drug-likeness (QED) is 0.694. The fourth-order valence-electron chi connectivity index (χ4n) is 4.09. The first kappa shape index (κ1) is 22.7. The number of amides is 1. The van der Waals surface area contributed by atoms with Crippen LogP contribution in [0.1, 0.15) is 12.0 Å². The highest BCUT2D eigenvalue weighted by Crippen LogP contribution is 2.33. The Morgan fingerprint density at radius 3 is 2.53 bits per heavy atom. The lowest BCUT2D eigenvalue weighted by Gasteiger charge is -2.37. The highest BCUT2D eigenvalue weighted by molar-refractivity contribution is 7.91. The highest BCUT2D eigenvalue weighted by Gasteiger charge is 2.34. The molecule has 0 spiro atoms. The molecule has 0 unspecified atom stereocenters. The molecule has 0 aliphatic carbocycles. The molecule has 1 aromatic carbocycles. The minimum atomic E-state index is -4.55. The normalized spacial score (nSPS) is 22.2. The molecule has 2 saturated heterocycles. The van der Waals surface area contributed by atoms with Crippen molar-refractivity contribution in [3.63, 3.8) is 0 Å². The molecule has 0 saturated carbocycles. The van der Waals surface area contributed by atoms with Crippen LogP contribution < -0.4 is 5.32 Å². The van der Waals surface area contributed by atoms with E-state index in [0.717, 1.165) is 12.1 Å². The number of rotatable bonds is 5. The number of hydrogen-bond donors (Lipinski definition) is 1. The third-order valence-electron chi connectivity index (χ3n) is 5.76. The SMILES string of the molecule is O=C(CN1CCN([C@H]2CCS(=O)(=O)C2)CC1)Nc1cc(C(F)(F)F)ccc1-n1cncn1. The van der Waals surface area contributed by atoms with Gasteiger partial charge in [-0.1, -0.05) is 0 Å². The molecule has 2 fully saturated rings. The fourth-order valence-corrected chi connectivity index (χ4v) is 5.85. The van der Waals surface area contributed by atoms with Crippen LogP contribution >= 0.6 is 0 Å². The monoisotopic (exact) mass is 472 g/mol. The summed E-state index contributed by atoms with van der Waals surface area (Å²) in [6.45, 7) is 2.44. The summed E-state index contributed by atoms with van der Waals surface area (Å²) < 4.78 is 64.2. The summed E-state index contributed by atoms with van der Waals surface area (Å²) in [6, 6.07) is 3.07. The first-order valence-electron chi connectivity index (χ1n) is 10.1. The Morgan fingerprint density at radius 2 is 1.94 bits per heavy atom. The molecule has 1 atom stereocenters. The van der Waals surface area contributed by atoms with E-state index in [1.807, 2.05) is 4.90 Å². The number of piperazine rings is 1. The molecule has 0 bridgehead atoms. The maximum atomic E-state index is 13.2. The van der Waals surface area contributed by atoms with Crippen LogP contribution in [0, 0.1) is 0 Å². The van der Waals surface area contributed by atoms with Gasteiger partial charge in [0, 0.05) is 32.2 Å². The van der Waals surface area contributed by atoms with Crippen molar-refractivity contribution >= 4 is 21.4 Å². The first-order valence-corrected chi connectivity index (χ1v) is 12.0. The zero-order valence-corrected chi connectivity index (χ0v) is 17.9. The van der Waals surface area contributed by atoms with Gasteiger partial charge in [0.2, 0.25) is 5.91 Å². The van der Waals surface area contributed by atoms with Gasteiger partial charge in [0.05, 0.1) is 35.0 Å². The Kier molecular flexibility index (Phi) is 6.23. The third kappa shape index (κ3) is 5.27. The van der Waals surface area contributed by atoms with Gasteiger partial charge >= 0.3 is 6.18 Å². The van der Waals surface area contributed by atoms with Crippen LogP contribution in [0.2, 0.25) is 0 Å². The number of nitrogens with one attached hydrogen (secondary N) is 1. The summed E-state index contributed by atoms with van der Waals surface area (Å²) in [5, 5.41) is 6.51. The molecule has 2 aliphatic heterocycles. The molecule has 2 aliphatic rings. The molecule has 4 rings (SSSR count). The molecule has 1 aromatic heterocycles. The van der Waals surface area contributed by atoms with Crippen molar-refractivity contribution in [3.05, 3.63) is 36.4 Å². The first-order chi connectivity index (χ1) is 15.1. The predicted molar refractivity (Wildman–Crippen MR) is 110 cm³/mol. The summed E-state index contributed by atoms with van der Waals surface area (Å²) >= 11 is 0. The van der Waals surface area contributed by atoms with Crippen LogP contribution in [0.25, 0.3) is 5.69 Å². The number of hydrogen-bond acceptors (Lipinski definition) is 7. The molecule has 9 nitrogen and oxygen atoms in total. The Bertz CT molecular complexity index is 1070. The molecule has 174 valence electrons. The fraction of sp³-hybridized carbons (Fsp3) is 0.526. The minimum Gasteiger partial charge on any atom is -0.323 e. The number of halogens is 3. The van der Waals surface area contributed by atoms with Gasteiger partial charge in [-0.2, -0.15) is 18.3 Å². The lowest BCUT2D eigenvalue weighted by molar-refractivity contribution is -0.137. The van der Waals surface area contributed by atoms with Crippen molar-refractivity contribution in [2.75, 3.05) is 49.5 Å². The molecular weight excluding hydrogens is 449 g/mol. The maximum absolute atomic E-state index is 13.2. The summed E-state index contributed by atoms with van der Waals surface area (Å²) in [6.07, 6.45) is -1.34. The van der Waals surface area contributed by atoms with E-state index in [1.165, 1.54) is 23.4 Å². The number of benzene rings is 1. The van der Waals surface area contributed by atoms with E-state index in [2.05, 4.69) is 20.3 Å². The Balaban J connectivity index is 1.39. The number of carbonyl (C=O) groups excluding carboxylic acids is 1. The third-order valence-corrected chi connectivity index (χ3v) is 7.51. The van der Waals surface area contributed by atoms with Crippen LogP contribution in [-0.2, 0) is 20.8 Å². The Hall–Kier alpha value is -2.51. The number of sulfone groups is 1. The zero-order valence-electron chi connectivity index (χ0n) is 17.1. The van der Waals surface area contributed by atoms with Gasteiger partial charge in [-0.3, -0.25) is 14.6 Å². The van der Waals surface area contributed by atoms with E-state index >= 15 is 0 Å². The summed E-state index contributed by atoms with van der Waals surface area (Å²) in [5.41, 5.74) is -0.613. The molecule has 0 radical (unpaired) electrons. The van der Waals surface area contributed by atoms with Crippen LogP contribution in [-0.4, -0.2) is 89.2 Å². The van der Waals surface area contributed by atoms with Gasteiger partial charge in [-0.05, 0) is 24.6 Å². The van der Waals surface area contributed by atoms with Crippen LogP contribution in [0.3, 0.4) is 0 Å². The predicted octanol–water partition coefficient (Wildman–Crippen LogP) is 1.03. The van der Waals surface area contributed by atoms with E-state index in [1.54, 1.807) is 0 Å². The van der Waals surface area contributed by atoms with Crippen molar-refractivity contribution in [2.24, 2.45) is 0 Å². The summed E-state index contributed by atoms with van der Waals surface area (Å²) in [5.74, 6) is -0.0537. The van der Waals surface area contributed by atoms with Crippen molar-refractivity contribution in [1.82, 2.24) is 24.6 Å². The second-order valence-corrected chi connectivity index (χ2v) is 10.2. The summed E-state index contributed by atoms with van der Waals surface area (Å²) in [4.78, 5) is 20.4. The molecule has 2 aromatic rings. The molecule has 3 heterocycles. The average molecular weight is 472 g/mol.